The van der Waals surface area contributed by atoms with Crippen molar-refractivity contribution in [1.29, 1.82) is 0 Å². The molecule has 0 unspecified atom stereocenters. The molecule has 1 aromatic heterocycles. The number of anilines is 3. The van der Waals surface area contributed by atoms with Gasteiger partial charge in [0.05, 0.1) is 0 Å². The fourth-order valence-electron chi connectivity index (χ4n) is 1.85. The topological polar surface area (TPSA) is 54.0 Å². The van der Waals surface area contributed by atoms with Crippen LogP contribution in [0, 0.1) is 11.6 Å². The first kappa shape index (κ1) is 15.1. The lowest BCUT2D eigenvalue weighted by molar-refractivity contribution is 0.102. The smallest absolute Gasteiger partial charge is 0.275 e. The van der Waals surface area contributed by atoms with E-state index in [0.29, 0.717) is 5.13 Å². The predicted octanol–water partition coefficient (Wildman–Crippen LogP) is 4.42. The Kier molecular flexibility index (Phi) is 4.29. The molecule has 7 heteroatoms. The van der Waals surface area contributed by atoms with Gasteiger partial charge in [-0.05, 0) is 24.3 Å². The minimum Gasteiger partial charge on any atom is -0.332 e. The molecule has 0 atom stereocenters. The second-order valence-corrected chi connectivity index (χ2v) is 5.47. The second-order valence-electron chi connectivity index (χ2n) is 4.61. The van der Waals surface area contributed by atoms with Gasteiger partial charge in [-0.15, -0.1) is 11.3 Å². The van der Waals surface area contributed by atoms with Gasteiger partial charge in [0.1, 0.15) is 5.69 Å². The molecular formula is C16H11F2N3OS. The van der Waals surface area contributed by atoms with Crippen molar-refractivity contribution in [3.8, 4) is 0 Å². The number of para-hydroxylation sites is 1. The monoisotopic (exact) mass is 331 g/mol. The van der Waals surface area contributed by atoms with Gasteiger partial charge < -0.3 is 10.6 Å². The fraction of sp³-hybridized carbons (Fsp3) is 0. The molecule has 0 aliphatic heterocycles. The second kappa shape index (κ2) is 6.53. The number of hydrogen-bond acceptors (Lipinski definition) is 4. The van der Waals surface area contributed by atoms with Crippen molar-refractivity contribution in [2.45, 2.75) is 0 Å². The fourth-order valence-corrected chi connectivity index (χ4v) is 2.56. The lowest BCUT2D eigenvalue weighted by atomic mass is 10.3. The molecule has 3 rings (SSSR count). The number of benzene rings is 2. The van der Waals surface area contributed by atoms with Crippen molar-refractivity contribution in [1.82, 2.24) is 4.98 Å². The number of rotatable bonds is 4. The largest absolute Gasteiger partial charge is 0.332 e. The Morgan fingerprint density at radius 2 is 1.78 bits per heavy atom. The van der Waals surface area contributed by atoms with Crippen molar-refractivity contribution in [2.75, 3.05) is 10.6 Å². The summed E-state index contributed by atoms with van der Waals surface area (Å²) in [6, 6.07) is 12.6. The van der Waals surface area contributed by atoms with Gasteiger partial charge >= 0.3 is 0 Å². The molecular weight excluding hydrogens is 320 g/mol. The molecule has 0 aliphatic carbocycles. The molecule has 0 saturated heterocycles. The number of nitrogens with zero attached hydrogens (tertiary/aromatic N) is 1. The highest BCUT2D eigenvalue weighted by Crippen LogP contribution is 2.21. The first-order chi connectivity index (χ1) is 11.1. The Balaban J connectivity index is 1.69. The van der Waals surface area contributed by atoms with Crippen molar-refractivity contribution >= 4 is 33.8 Å². The van der Waals surface area contributed by atoms with Crippen molar-refractivity contribution in [3.63, 3.8) is 0 Å². The summed E-state index contributed by atoms with van der Waals surface area (Å²) in [6.45, 7) is 0. The van der Waals surface area contributed by atoms with E-state index in [9.17, 15) is 13.6 Å². The van der Waals surface area contributed by atoms with E-state index in [0.717, 1.165) is 17.8 Å². The first-order valence-corrected chi connectivity index (χ1v) is 7.54. The molecule has 1 heterocycles. The summed E-state index contributed by atoms with van der Waals surface area (Å²) in [5.74, 6) is -2.48. The maximum atomic E-state index is 13.1. The molecule has 0 radical (unpaired) electrons. The van der Waals surface area contributed by atoms with Crippen LogP contribution in [-0.4, -0.2) is 10.9 Å². The summed E-state index contributed by atoms with van der Waals surface area (Å²) >= 11 is 1.27. The summed E-state index contributed by atoms with van der Waals surface area (Å²) in [5, 5.41) is 7.70. The standard InChI is InChI=1S/C16H11F2N3OS/c17-12-7-6-11(8-13(12)18)19-15(22)14-9-23-16(21-14)20-10-4-2-1-3-5-10/h1-9H,(H,19,22)(H,20,21). The number of carbonyl (C=O) groups is 1. The maximum Gasteiger partial charge on any atom is 0.275 e. The van der Waals surface area contributed by atoms with Gasteiger partial charge in [-0.2, -0.15) is 0 Å². The van der Waals surface area contributed by atoms with E-state index >= 15 is 0 Å². The molecule has 2 aromatic carbocycles. The van der Waals surface area contributed by atoms with Crippen LogP contribution in [0.25, 0.3) is 0 Å². The molecule has 0 aliphatic rings. The molecule has 3 aromatic rings. The summed E-state index contributed by atoms with van der Waals surface area (Å²) in [5.41, 5.74) is 1.21. The highest BCUT2D eigenvalue weighted by atomic mass is 32.1. The number of carbonyl (C=O) groups excluding carboxylic acids is 1. The summed E-state index contributed by atoms with van der Waals surface area (Å²) in [7, 11) is 0. The highest BCUT2D eigenvalue weighted by molar-refractivity contribution is 7.14. The third kappa shape index (κ3) is 3.70. The number of amides is 1. The average Bonchev–Trinajstić information content (AvgIpc) is 3.00. The Morgan fingerprint density at radius 3 is 2.52 bits per heavy atom. The Hall–Kier alpha value is -2.80. The highest BCUT2D eigenvalue weighted by Gasteiger charge is 2.12. The van der Waals surface area contributed by atoms with Crippen LogP contribution in [0.3, 0.4) is 0 Å². The van der Waals surface area contributed by atoms with Gasteiger partial charge in [0.2, 0.25) is 0 Å². The van der Waals surface area contributed by atoms with Crippen LogP contribution in [0.5, 0.6) is 0 Å². The zero-order valence-electron chi connectivity index (χ0n) is 11.7. The summed E-state index contributed by atoms with van der Waals surface area (Å²) in [4.78, 5) is 16.2. The van der Waals surface area contributed by atoms with Crippen LogP contribution in [0.4, 0.5) is 25.3 Å². The Morgan fingerprint density at radius 1 is 1.00 bits per heavy atom. The summed E-state index contributed by atoms with van der Waals surface area (Å²) in [6.07, 6.45) is 0. The third-order valence-corrected chi connectivity index (χ3v) is 3.70. The van der Waals surface area contributed by atoms with Crippen molar-refractivity contribution in [3.05, 3.63) is 71.2 Å². The van der Waals surface area contributed by atoms with E-state index in [1.165, 1.54) is 17.4 Å². The van der Waals surface area contributed by atoms with Gasteiger partial charge in [0.25, 0.3) is 5.91 Å². The van der Waals surface area contributed by atoms with E-state index < -0.39 is 17.5 Å². The van der Waals surface area contributed by atoms with Gasteiger partial charge in [-0.1, -0.05) is 18.2 Å². The third-order valence-electron chi connectivity index (χ3n) is 2.94. The van der Waals surface area contributed by atoms with Gasteiger partial charge in [0.15, 0.2) is 16.8 Å². The van der Waals surface area contributed by atoms with Crippen molar-refractivity contribution in [2.24, 2.45) is 0 Å². The Bertz CT molecular complexity index is 836. The van der Waals surface area contributed by atoms with E-state index in [-0.39, 0.29) is 11.4 Å². The van der Waals surface area contributed by atoms with Gasteiger partial charge in [-0.25, -0.2) is 13.8 Å². The number of nitrogens with one attached hydrogen (secondary N) is 2. The van der Waals surface area contributed by atoms with Crippen LogP contribution in [0.2, 0.25) is 0 Å². The molecule has 0 bridgehead atoms. The van der Waals surface area contributed by atoms with Crippen LogP contribution >= 0.6 is 11.3 Å². The predicted molar refractivity (Wildman–Crippen MR) is 86.1 cm³/mol. The quantitative estimate of drug-likeness (QED) is 0.744. The average molecular weight is 331 g/mol. The molecule has 2 N–H and O–H groups in total. The maximum absolute atomic E-state index is 13.1. The van der Waals surface area contributed by atoms with Crippen molar-refractivity contribution < 1.29 is 13.6 Å². The lowest BCUT2D eigenvalue weighted by Crippen LogP contribution is -2.12. The van der Waals surface area contributed by atoms with Crippen LogP contribution in [0.1, 0.15) is 10.5 Å². The van der Waals surface area contributed by atoms with E-state index in [1.807, 2.05) is 30.3 Å². The van der Waals surface area contributed by atoms with Crippen LogP contribution < -0.4 is 10.6 Å². The Labute approximate surface area is 134 Å². The molecule has 0 saturated carbocycles. The van der Waals surface area contributed by atoms with Crippen LogP contribution in [0.15, 0.2) is 53.9 Å². The minimum atomic E-state index is -1.02. The molecule has 116 valence electrons. The zero-order valence-corrected chi connectivity index (χ0v) is 12.5. The van der Waals surface area contributed by atoms with Gasteiger partial charge in [0, 0.05) is 22.8 Å². The lowest BCUT2D eigenvalue weighted by Gasteiger charge is -2.04. The molecule has 0 spiro atoms. The number of halogens is 2. The zero-order chi connectivity index (χ0) is 16.2. The minimum absolute atomic E-state index is 0.166. The van der Waals surface area contributed by atoms with E-state index in [1.54, 1.807) is 5.38 Å². The summed E-state index contributed by atoms with van der Waals surface area (Å²) < 4.78 is 26.0. The normalized spacial score (nSPS) is 10.3. The molecule has 1 amide bonds. The van der Waals surface area contributed by atoms with Crippen LogP contribution in [-0.2, 0) is 0 Å². The number of aromatic nitrogens is 1. The SMILES string of the molecule is O=C(Nc1ccc(F)c(F)c1)c1csc(Nc2ccccc2)n1. The molecule has 0 fully saturated rings. The van der Waals surface area contributed by atoms with E-state index in [4.69, 9.17) is 0 Å². The van der Waals surface area contributed by atoms with Gasteiger partial charge in [-0.3, -0.25) is 4.79 Å². The molecule has 23 heavy (non-hydrogen) atoms. The number of hydrogen-bond donors (Lipinski definition) is 2. The van der Waals surface area contributed by atoms with E-state index in [2.05, 4.69) is 15.6 Å². The number of thiazole rings is 1. The molecule has 4 nitrogen and oxygen atoms in total. The first-order valence-electron chi connectivity index (χ1n) is 6.66.